The van der Waals surface area contributed by atoms with Crippen LogP contribution in [0.3, 0.4) is 0 Å². The van der Waals surface area contributed by atoms with Gasteiger partial charge in [-0.1, -0.05) is 25.7 Å². The molecule has 2 nitrogen and oxygen atoms in total. The molecular weight excluding hydrogens is 174 g/mol. The normalized spacial score (nSPS) is 22.3. The summed E-state index contributed by atoms with van der Waals surface area (Å²) < 4.78 is 5.57. The fourth-order valence-electron chi connectivity index (χ4n) is 2.18. The Morgan fingerprint density at radius 1 is 1.14 bits per heavy atom. The molecule has 0 amide bonds. The van der Waals surface area contributed by atoms with Gasteiger partial charge in [0.1, 0.15) is 0 Å². The van der Waals surface area contributed by atoms with E-state index in [9.17, 15) is 0 Å². The van der Waals surface area contributed by atoms with Crippen LogP contribution < -0.4 is 5.73 Å². The highest BCUT2D eigenvalue weighted by molar-refractivity contribution is 4.75. The third-order valence-corrected chi connectivity index (χ3v) is 3.13. The Bertz CT molecular complexity index is 139. The molecule has 2 N–H and O–H groups in total. The zero-order chi connectivity index (χ0) is 10.4. The lowest BCUT2D eigenvalue weighted by atomic mass is 9.93. The molecule has 14 heavy (non-hydrogen) atoms. The molecule has 2 heteroatoms. The van der Waals surface area contributed by atoms with Crippen molar-refractivity contribution in [3.05, 3.63) is 0 Å². The molecule has 1 saturated carbocycles. The van der Waals surface area contributed by atoms with Gasteiger partial charge in [0.05, 0.1) is 12.7 Å². The van der Waals surface area contributed by atoms with Crippen LogP contribution in [-0.4, -0.2) is 18.8 Å². The molecule has 0 aromatic carbocycles. The molecule has 1 atom stereocenters. The van der Waals surface area contributed by atoms with Crippen molar-refractivity contribution >= 4 is 0 Å². The van der Waals surface area contributed by atoms with Crippen molar-refractivity contribution in [2.45, 2.75) is 64.5 Å². The Morgan fingerprint density at radius 3 is 2.21 bits per heavy atom. The molecule has 1 aliphatic rings. The van der Waals surface area contributed by atoms with Crippen LogP contribution in [0.15, 0.2) is 0 Å². The smallest absolute Gasteiger partial charge is 0.0623 e. The SMILES string of the molecule is CC(C)OCC(N)C1CCCCCC1. The largest absolute Gasteiger partial charge is 0.377 e. The number of hydrogen-bond acceptors (Lipinski definition) is 2. The van der Waals surface area contributed by atoms with Crippen LogP contribution in [0, 0.1) is 5.92 Å². The maximum absolute atomic E-state index is 6.14. The van der Waals surface area contributed by atoms with E-state index in [0.29, 0.717) is 12.0 Å². The van der Waals surface area contributed by atoms with E-state index in [4.69, 9.17) is 10.5 Å². The zero-order valence-corrected chi connectivity index (χ0v) is 9.67. The lowest BCUT2D eigenvalue weighted by molar-refractivity contribution is 0.0554. The van der Waals surface area contributed by atoms with Crippen molar-refractivity contribution in [1.82, 2.24) is 0 Å². The molecule has 0 bridgehead atoms. The number of rotatable bonds is 4. The van der Waals surface area contributed by atoms with Gasteiger partial charge in [0.15, 0.2) is 0 Å². The minimum absolute atomic E-state index is 0.260. The van der Waals surface area contributed by atoms with Crippen LogP contribution >= 0.6 is 0 Å². The van der Waals surface area contributed by atoms with Crippen molar-refractivity contribution in [3.8, 4) is 0 Å². The van der Waals surface area contributed by atoms with E-state index in [0.717, 1.165) is 6.61 Å². The van der Waals surface area contributed by atoms with Crippen molar-refractivity contribution in [1.29, 1.82) is 0 Å². The summed E-state index contributed by atoms with van der Waals surface area (Å²) in [6.07, 6.45) is 8.44. The summed E-state index contributed by atoms with van der Waals surface area (Å²) in [6, 6.07) is 0.260. The summed E-state index contributed by atoms with van der Waals surface area (Å²) in [5.41, 5.74) is 6.14. The third kappa shape index (κ3) is 4.43. The second-order valence-corrected chi connectivity index (χ2v) is 4.80. The van der Waals surface area contributed by atoms with E-state index in [1.54, 1.807) is 0 Å². The molecule has 1 aliphatic carbocycles. The average Bonchev–Trinajstić information content (AvgIpc) is 2.42. The topological polar surface area (TPSA) is 35.2 Å². The van der Waals surface area contributed by atoms with Gasteiger partial charge in [0.2, 0.25) is 0 Å². The van der Waals surface area contributed by atoms with Crippen molar-refractivity contribution in [2.24, 2.45) is 11.7 Å². The molecule has 0 aromatic heterocycles. The Hall–Kier alpha value is -0.0800. The van der Waals surface area contributed by atoms with Gasteiger partial charge in [-0.15, -0.1) is 0 Å². The number of hydrogen-bond donors (Lipinski definition) is 1. The Labute approximate surface area is 88.2 Å². The second kappa shape index (κ2) is 6.41. The Balaban J connectivity index is 2.23. The summed E-state index contributed by atoms with van der Waals surface area (Å²) in [6.45, 7) is 4.88. The van der Waals surface area contributed by atoms with E-state index >= 15 is 0 Å². The lowest BCUT2D eigenvalue weighted by Gasteiger charge is -2.23. The molecule has 0 radical (unpaired) electrons. The summed E-state index contributed by atoms with van der Waals surface area (Å²) in [5.74, 6) is 0.705. The van der Waals surface area contributed by atoms with Gasteiger partial charge in [0.25, 0.3) is 0 Å². The molecule has 0 heterocycles. The minimum Gasteiger partial charge on any atom is -0.377 e. The van der Waals surface area contributed by atoms with E-state index in [-0.39, 0.29) is 6.04 Å². The molecule has 0 spiro atoms. The van der Waals surface area contributed by atoms with Gasteiger partial charge in [0, 0.05) is 6.04 Å². The molecule has 1 unspecified atom stereocenters. The molecule has 0 aromatic rings. The van der Waals surface area contributed by atoms with Gasteiger partial charge in [-0.2, -0.15) is 0 Å². The van der Waals surface area contributed by atoms with Gasteiger partial charge in [-0.05, 0) is 32.6 Å². The van der Waals surface area contributed by atoms with Crippen molar-refractivity contribution in [3.63, 3.8) is 0 Å². The highest BCUT2D eigenvalue weighted by atomic mass is 16.5. The zero-order valence-electron chi connectivity index (χ0n) is 9.67. The molecule has 0 aliphatic heterocycles. The summed E-state index contributed by atoms with van der Waals surface area (Å²) >= 11 is 0. The standard InChI is InChI=1S/C12H25NO/c1-10(2)14-9-12(13)11-7-5-3-4-6-8-11/h10-12H,3-9,13H2,1-2H3. The van der Waals surface area contributed by atoms with E-state index in [1.807, 2.05) is 0 Å². The van der Waals surface area contributed by atoms with E-state index < -0.39 is 0 Å². The summed E-state index contributed by atoms with van der Waals surface area (Å²) in [5, 5.41) is 0. The predicted molar refractivity (Wildman–Crippen MR) is 60.3 cm³/mol. The first kappa shape index (κ1) is 12.0. The quantitative estimate of drug-likeness (QED) is 0.707. The Morgan fingerprint density at radius 2 is 1.71 bits per heavy atom. The number of ether oxygens (including phenoxy) is 1. The van der Waals surface area contributed by atoms with Crippen LogP contribution in [0.4, 0.5) is 0 Å². The monoisotopic (exact) mass is 199 g/mol. The summed E-state index contributed by atoms with van der Waals surface area (Å²) in [7, 11) is 0. The van der Waals surface area contributed by atoms with Gasteiger partial charge in [-0.3, -0.25) is 0 Å². The fourth-order valence-corrected chi connectivity index (χ4v) is 2.18. The first-order valence-corrected chi connectivity index (χ1v) is 6.07. The highest BCUT2D eigenvalue weighted by Crippen LogP contribution is 2.24. The second-order valence-electron chi connectivity index (χ2n) is 4.80. The first-order valence-electron chi connectivity index (χ1n) is 6.07. The molecule has 0 saturated heterocycles. The number of nitrogens with two attached hydrogens (primary N) is 1. The maximum Gasteiger partial charge on any atom is 0.0623 e. The molecule has 1 rings (SSSR count). The highest BCUT2D eigenvalue weighted by Gasteiger charge is 2.19. The van der Waals surface area contributed by atoms with E-state index in [2.05, 4.69) is 13.8 Å². The van der Waals surface area contributed by atoms with Crippen LogP contribution in [0.2, 0.25) is 0 Å². The molecule has 84 valence electrons. The predicted octanol–water partition coefficient (Wildman–Crippen LogP) is 2.71. The average molecular weight is 199 g/mol. The van der Waals surface area contributed by atoms with Crippen LogP contribution in [-0.2, 0) is 4.74 Å². The van der Waals surface area contributed by atoms with Crippen LogP contribution in [0.5, 0.6) is 0 Å². The lowest BCUT2D eigenvalue weighted by Crippen LogP contribution is -2.35. The van der Waals surface area contributed by atoms with Gasteiger partial charge in [-0.25, -0.2) is 0 Å². The van der Waals surface area contributed by atoms with Crippen molar-refractivity contribution in [2.75, 3.05) is 6.61 Å². The van der Waals surface area contributed by atoms with E-state index in [1.165, 1.54) is 38.5 Å². The first-order chi connectivity index (χ1) is 6.70. The van der Waals surface area contributed by atoms with Crippen molar-refractivity contribution < 1.29 is 4.74 Å². The third-order valence-electron chi connectivity index (χ3n) is 3.13. The fraction of sp³-hybridized carbons (Fsp3) is 1.00. The van der Waals surface area contributed by atoms with Crippen LogP contribution in [0.25, 0.3) is 0 Å². The minimum atomic E-state index is 0.260. The molecule has 1 fully saturated rings. The van der Waals surface area contributed by atoms with Crippen LogP contribution in [0.1, 0.15) is 52.4 Å². The summed E-state index contributed by atoms with van der Waals surface area (Å²) in [4.78, 5) is 0. The Kier molecular flexibility index (Phi) is 5.49. The molecular formula is C12H25NO. The van der Waals surface area contributed by atoms with Gasteiger partial charge < -0.3 is 10.5 Å². The maximum atomic E-state index is 6.14. The van der Waals surface area contributed by atoms with Gasteiger partial charge >= 0.3 is 0 Å².